The van der Waals surface area contributed by atoms with E-state index in [1.54, 1.807) is 0 Å². The summed E-state index contributed by atoms with van der Waals surface area (Å²) in [6.07, 6.45) is 18.4. The highest BCUT2D eigenvalue weighted by Gasteiger charge is 2.02. The van der Waals surface area contributed by atoms with E-state index in [1.165, 1.54) is 77.0 Å². The van der Waals surface area contributed by atoms with Crippen LogP contribution in [0.5, 0.6) is 0 Å². The first-order valence-electron chi connectivity index (χ1n) is 9.49. The molecule has 0 bridgehead atoms. The zero-order valence-electron chi connectivity index (χ0n) is 14.7. The van der Waals surface area contributed by atoms with E-state index in [0.717, 1.165) is 24.5 Å². The SMILES string of the molecule is C[C@H](CCCCCCCCS)CCCCCCCCC(=O)O. The fraction of sp³-hybridized carbons (Fsp3) is 0.947. The number of unbranched alkanes of at least 4 members (excludes halogenated alkanes) is 10. The van der Waals surface area contributed by atoms with Gasteiger partial charge in [0.25, 0.3) is 0 Å². The van der Waals surface area contributed by atoms with Gasteiger partial charge in [0, 0.05) is 6.42 Å². The van der Waals surface area contributed by atoms with Crippen molar-refractivity contribution in [2.24, 2.45) is 5.92 Å². The number of rotatable bonds is 17. The molecule has 1 N–H and O–H groups in total. The number of carbonyl (C=O) groups is 1. The van der Waals surface area contributed by atoms with Crippen molar-refractivity contribution in [3.8, 4) is 0 Å². The Hall–Kier alpha value is -0.180. The standard InChI is InChI=1S/C19H38O2S/c1-18(15-11-7-4-5-9-13-17-22)14-10-6-2-3-8-12-16-19(20)21/h18,22H,2-17H2,1H3,(H,20,21)/t18-/m0/s1. The van der Waals surface area contributed by atoms with Crippen molar-refractivity contribution in [1.82, 2.24) is 0 Å². The predicted molar refractivity (Wildman–Crippen MR) is 99.9 cm³/mol. The summed E-state index contributed by atoms with van der Waals surface area (Å²) in [6.45, 7) is 2.40. The molecule has 0 aliphatic carbocycles. The minimum Gasteiger partial charge on any atom is -0.481 e. The quantitative estimate of drug-likeness (QED) is 0.236. The molecule has 0 aromatic carbocycles. The van der Waals surface area contributed by atoms with Gasteiger partial charge in [0.15, 0.2) is 0 Å². The molecule has 0 amide bonds. The van der Waals surface area contributed by atoms with E-state index in [4.69, 9.17) is 5.11 Å². The summed E-state index contributed by atoms with van der Waals surface area (Å²) in [5.41, 5.74) is 0. The topological polar surface area (TPSA) is 37.3 Å². The molecule has 0 heterocycles. The van der Waals surface area contributed by atoms with Crippen molar-refractivity contribution in [2.75, 3.05) is 5.75 Å². The molecule has 22 heavy (non-hydrogen) atoms. The van der Waals surface area contributed by atoms with Gasteiger partial charge in [-0.05, 0) is 24.5 Å². The highest BCUT2D eigenvalue weighted by molar-refractivity contribution is 7.80. The molecular weight excluding hydrogens is 292 g/mol. The van der Waals surface area contributed by atoms with Gasteiger partial charge >= 0.3 is 5.97 Å². The number of carboxylic acid groups (broad SMARTS) is 1. The summed E-state index contributed by atoms with van der Waals surface area (Å²) in [4.78, 5) is 10.4. The smallest absolute Gasteiger partial charge is 0.303 e. The van der Waals surface area contributed by atoms with Crippen LogP contribution in [0.3, 0.4) is 0 Å². The van der Waals surface area contributed by atoms with Crippen LogP contribution < -0.4 is 0 Å². The molecule has 2 nitrogen and oxygen atoms in total. The monoisotopic (exact) mass is 330 g/mol. The van der Waals surface area contributed by atoms with Crippen molar-refractivity contribution < 1.29 is 9.90 Å². The Labute approximate surface area is 143 Å². The van der Waals surface area contributed by atoms with Crippen LogP contribution in [0.15, 0.2) is 0 Å². The van der Waals surface area contributed by atoms with Crippen molar-refractivity contribution in [2.45, 2.75) is 103 Å². The molecule has 0 fully saturated rings. The van der Waals surface area contributed by atoms with Crippen LogP contribution in [-0.2, 0) is 4.79 Å². The number of aliphatic carboxylic acids is 1. The molecule has 0 aromatic rings. The fourth-order valence-corrected chi connectivity index (χ4v) is 3.16. The second kappa shape index (κ2) is 17.2. The van der Waals surface area contributed by atoms with E-state index in [2.05, 4.69) is 19.6 Å². The highest BCUT2D eigenvalue weighted by atomic mass is 32.1. The fourth-order valence-electron chi connectivity index (χ4n) is 2.93. The summed E-state index contributed by atoms with van der Waals surface area (Å²) in [5, 5.41) is 8.55. The molecule has 0 spiro atoms. The lowest BCUT2D eigenvalue weighted by atomic mass is 9.96. The summed E-state index contributed by atoms with van der Waals surface area (Å²) in [7, 11) is 0. The second-order valence-electron chi connectivity index (χ2n) is 6.79. The third-order valence-electron chi connectivity index (χ3n) is 4.44. The second-order valence-corrected chi connectivity index (χ2v) is 7.24. The van der Waals surface area contributed by atoms with Crippen molar-refractivity contribution in [3.05, 3.63) is 0 Å². The summed E-state index contributed by atoms with van der Waals surface area (Å²) in [6, 6.07) is 0. The average molecular weight is 331 g/mol. The van der Waals surface area contributed by atoms with Gasteiger partial charge in [-0.2, -0.15) is 12.6 Å². The lowest BCUT2D eigenvalue weighted by Gasteiger charge is -2.11. The molecule has 0 saturated carbocycles. The molecule has 1 atom stereocenters. The Kier molecular flexibility index (Phi) is 17.0. The number of hydrogen-bond donors (Lipinski definition) is 2. The molecule has 0 rings (SSSR count). The summed E-state index contributed by atoms with van der Waals surface area (Å²) in [5.74, 6) is 1.26. The summed E-state index contributed by atoms with van der Waals surface area (Å²) >= 11 is 4.24. The number of hydrogen-bond acceptors (Lipinski definition) is 2. The van der Waals surface area contributed by atoms with Crippen LogP contribution in [0.4, 0.5) is 0 Å². The molecule has 0 aliphatic heterocycles. The lowest BCUT2D eigenvalue weighted by molar-refractivity contribution is -0.137. The van der Waals surface area contributed by atoms with E-state index in [1.807, 2.05) is 0 Å². The average Bonchev–Trinajstić information content (AvgIpc) is 2.48. The van der Waals surface area contributed by atoms with E-state index in [9.17, 15) is 4.79 Å². The van der Waals surface area contributed by atoms with Crippen LogP contribution in [0.25, 0.3) is 0 Å². The van der Waals surface area contributed by atoms with Crippen LogP contribution in [0.1, 0.15) is 103 Å². The van der Waals surface area contributed by atoms with Crippen LogP contribution in [0.2, 0.25) is 0 Å². The molecule has 0 radical (unpaired) electrons. The number of thiol groups is 1. The van der Waals surface area contributed by atoms with E-state index < -0.39 is 5.97 Å². The van der Waals surface area contributed by atoms with Crippen LogP contribution >= 0.6 is 12.6 Å². The molecule has 0 aromatic heterocycles. The van der Waals surface area contributed by atoms with Gasteiger partial charge < -0.3 is 5.11 Å². The van der Waals surface area contributed by atoms with Gasteiger partial charge in [-0.25, -0.2) is 0 Å². The Morgan fingerprint density at radius 3 is 1.64 bits per heavy atom. The molecule has 0 aliphatic rings. The highest BCUT2D eigenvalue weighted by Crippen LogP contribution is 2.18. The zero-order chi connectivity index (χ0) is 16.5. The Morgan fingerprint density at radius 2 is 1.18 bits per heavy atom. The van der Waals surface area contributed by atoms with Gasteiger partial charge in [0.1, 0.15) is 0 Å². The predicted octanol–water partition coefficient (Wildman–Crippen LogP) is 6.49. The first-order valence-corrected chi connectivity index (χ1v) is 10.1. The summed E-state index contributed by atoms with van der Waals surface area (Å²) < 4.78 is 0. The van der Waals surface area contributed by atoms with Gasteiger partial charge in [-0.1, -0.05) is 84.0 Å². The van der Waals surface area contributed by atoms with E-state index >= 15 is 0 Å². The van der Waals surface area contributed by atoms with Gasteiger partial charge in [-0.15, -0.1) is 0 Å². The molecule has 0 unspecified atom stereocenters. The maximum Gasteiger partial charge on any atom is 0.303 e. The van der Waals surface area contributed by atoms with E-state index in [0.29, 0.717) is 6.42 Å². The molecule has 132 valence electrons. The minimum absolute atomic E-state index is 0.339. The maximum absolute atomic E-state index is 10.4. The Bertz CT molecular complexity index is 244. The van der Waals surface area contributed by atoms with Gasteiger partial charge in [0.05, 0.1) is 0 Å². The zero-order valence-corrected chi connectivity index (χ0v) is 15.6. The third kappa shape index (κ3) is 17.9. The molecule has 0 saturated heterocycles. The first-order chi connectivity index (χ1) is 10.7. The minimum atomic E-state index is -0.657. The third-order valence-corrected chi connectivity index (χ3v) is 4.76. The maximum atomic E-state index is 10.4. The van der Waals surface area contributed by atoms with Crippen LogP contribution in [0, 0.1) is 5.92 Å². The van der Waals surface area contributed by atoms with Crippen LogP contribution in [-0.4, -0.2) is 16.8 Å². The largest absolute Gasteiger partial charge is 0.481 e. The van der Waals surface area contributed by atoms with Crippen molar-refractivity contribution in [1.29, 1.82) is 0 Å². The normalized spacial score (nSPS) is 12.5. The molecular formula is C19H38O2S. The molecule has 3 heteroatoms. The van der Waals surface area contributed by atoms with Gasteiger partial charge in [0.2, 0.25) is 0 Å². The van der Waals surface area contributed by atoms with Crippen molar-refractivity contribution in [3.63, 3.8) is 0 Å². The Morgan fingerprint density at radius 1 is 0.773 bits per heavy atom. The van der Waals surface area contributed by atoms with Gasteiger partial charge in [-0.3, -0.25) is 4.79 Å². The number of carboxylic acids is 1. The first kappa shape index (κ1) is 21.8. The van der Waals surface area contributed by atoms with E-state index in [-0.39, 0.29) is 0 Å². The Balaban J connectivity index is 3.15. The lowest BCUT2D eigenvalue weighted by Crippen LogP contribution is -1.95. The van der Waals surface area contributed by atoms with Crippen molar-refractivity contribution >= 4 is 18.6 Å².